The van der Waals surface area contributed by atoms with Crippen LogP contribution in [0.15, 0.2) is 59.8 Å². The van der Waals surface area contributed by atoms with Gasteiger partial charge in [0, 0.05) is 6.42 Å². The van der Waals surface area contributed by atoms with Crippen molar-refractivity contribution in [2.45, 2.75) is 26.2 Å². The number of benzene rings is 2. The fourth-order valence-corrected chi connectivity index (χ4v) is 2.26. The molecule has 0 aromatic heterocycles. The molecule has 0 aliphatic rings. The summed E-state index contributed by atoms with van der Waals surface area (Å²) in [4.78, 5) is 0. The largest absolute Gasteiger partial charge is 0.411 e. The number of hydrogen-bond acceptors (Lipinski definition) is 2. The topological polar surface area (TPSA) is 32.6 Å². The van der Waals surface area contributed by atoms with Crippen LogP contribution in [-0.4, -0.2) is 10.9 Å². The van der Waals surface area contributed by atoms with Crippen LogP contribution in [0.2, 0.25) is 0 Å². The van der Waals surface area contributed by atoms with E-state index in [2.05, 4.69) is 37.2 Å². The lowest BCUT2D eigenvalue weighted by Gasteiger charge is -2.13. The van der Waals surface area contributed by atoms with Crippen molar-refractivity contribution in [3.8, 4) is 0 Å². The molecule has 0 radical (unpaired) electrons. The Balaban J connectivity index is 2.30. The van der Waals surface area contributed by atoms with Crippen molar-refractivity contribution < 1.29 is 5.21 Å². The molecule has 0 fully saturated rings. The van der Waals surface area contributed by atoms with E-state index in [0.29, 0.717) is 18.1 Å². The summed E-state index contributed by atoms with van der Waals surface area (Å²) in [5.41, 5.74) is 4.19. The summed E-state index contributed by atoms with van der Waals surface area (Å²) >= 11 is 0. The lowest BCUT2D eigenvalue weighted by molar-refractivity contribution is 0.318. The fourth-order valence-electron chi connectivity index (χ4n) is 2.26. The van der Waals surface area contributed by atoms with Gasteiger partial charge in [0.25, 0.3) is 0 Å². The van der Waals surface area contributed by atoms with Crippen molar-refractivity contribution in [3.05, 3.63) is 71.3 Å². The van der Waals surface area contributed by atoms with E-state index in [0.717, 1.165) is 5.56 Å². The molecule has 2 rings (SSSR count). The number of oxime groups is 1. The van der Waals surface area contributed by atoms with Gasteiger partial charge in [0.2, 0.25) is 0 Å². The second-order valence-corrected chi connectivity index (χ2v) is 4.94. The molecule has 0 saturated carbocycles. The Hall–Kier alpha value is -2.09. The van der Waals surface area contributed by atoms with Crippen LogP contribution in [0.1, 0.15) is 36.5 Å². The first-order valence-corrected chi connectivity index (χ1v) is 6.56. The van der Waals surface area contributed by atoms with Gasteiger partial charge in [-0.15, -0.1) is 0 Å². The Morgan fingerprint density at radius 2 is 1.63 bits per heavy atom. The Morgan fingerprint density at radius 3 is 2.26 bits per heavy atom. The average molecular weight is 253 g/mol. The highest BCUT2D eigenvalue weighted by atomic mass is 16.4. The first-order chi connectivity index (χ1) is 9.22. The van der Waals surface area contributed by atoms with Gasteiger partial charge in [-0.1, -0.05) is 73.6 Å². The number of rotatable bonds is 4. The minimum atomic E-state index is 0.465. The van der Waals surface area contributed by atoms with Gasteiger partial charge in [-0.3, -0.25) is 0 Å². The summed E-state index contributed by atoms with van der Waals surface area (Å²) < 4.78 is 0. The Bertz CT molecular complexity index is 558. The van der Waals surface area contributed by atoms with Crippen LogP contribution < -0.4 is 0 Å². The predicted octanol–water partition coefficient (Wildman–Crippen LogP) is 4.23. The van der Waals surface area contributed by atoms with Crippen molar-refractivity contribution >= 4 is 5.71 Å². The first kappa shape index (κ1) is 13.3. The molecule has 2 nitrogen and oxygen atoms in total. The van der Waals surface area contributed by atoms with E-state index < -0.39 is 0 Å². The molecule has 0 heterocycles. The molecule has 0 spiro atoms. The highest BCUT2D eigenvalue weighted by Gasteiger charge is 2.10. The molecule has 2 aromatic rings. The predicted molar refractivity (Wildman–Crippen MR) is 79.0 cm³/mol. The Kier molecular flexibility index (Phi) is 4.35. The molecule has 0 unspecified atom stereocenters. The van der Waals surface area contributed by atoms with Crippen LogP contribution in [0.25, 0.3) is 0 Å². The van der Waals surface area contributed by atoms with Gasteiger partial charge in [-0.2, -0.15) is 0 Å². The van der Waals surface area contributed by atoms with Crippen LogP contribution in [0.4, 0.5) is 0 Å². The highest BCUT2D eigenvalue weighted by molar-refractivity contribution is 6.01. The zero-order valence-electron chi connectivity index (χ0n) is 11.4. The Morgan fingerprint density at radius 1 is 1.00 bits per heavy atom. The van der Waals surface area contributed by atoms with Gasteiger partial charge in [0.05, 0.1) is 5.71 Å². The van der Waals surface area contributed by atoms with Crippen molar-refractivity contribution in [2.75, 3.05) is 0 Å². The SMILES string of the molecule is CC(C)c1ccccc1CC(=NO)c1ccccc1. The minimum absolute atomic E-state index is 0.465. The summed E-state index contributed by atoms with van der Waals surface area (Å²) in [5, 5.41) is 12.7. The second kappa shape index (κ2) is 6.19. The van der Waals surface area contributed by atoms with E-state index in [1.165, 1.54) is 11.1 Å². The molecule has 0 aliphatic heterocycles. The van der Waals surface area contributed by atoms with E-state index in [4.69, 9.17) is 0 Å². The quantitative estimate of drug-likeness (QED) is 0.493. The van der Waals surface area contributed by atoms with Crippen LogP contribution >= 0.6 is 0 Å². The zero-order chi connectivity index (χ0) is 13.7. The number of nitrogens with zero attached hydrogens (tertiary/aromatic N) is 1. The summed E-state index contributed by atoms with van der Waals surface area (Å²) in [5.74, 6) is 0.465. The van der Waals surface area contributed by atoms with Gasteiger partial charge in [0.15, 0.2) is 0 Å². The van der Waals surface area contributed by atoms with Gasteiger partial charge < -0.3 is 5.21 Å². The summed E-state index contributed by atoms with van der Waals surface area (Å²) in [6.07, 6.45) is 0.648. The van der Waals surface area contributed by atoms with E-state index in [9.17, 15) is 5.21 Å². The van der Waals surface area contributed by atoms with Crippen LogP contribution in [0.5, 0.6) is 0 Å². The third kappa shape index (κ3) is 3.22. The maximum atomic E-state index is 9.26. The third-order valence-electron chi connectivity index (χ3n) is 3.26. The Labute approximate surface area is 114 Å². The lowest BCUT2D eigenvalue weighted by Crippen LogP contribution is -2.08. The second-order valence-electron chi connectivity index (χ2n) is 4.94. The lowest BCUT2D eigenvalue weighted by atomic mass is 9.92. The van der Waals surface area contributed by atoms with Gasteiger partial charge in [-0.25, -0.2) is 0 Å². The van der Waals surface area contributed by atoms with E-state index in [-0.39, 0.29) is 0 Å². The minimum Gasteiger partial charge on any atom is -0.411 e. The molecule has 2 heteroatoms. The van der Waals surface area contributed by atoms with Crippen LogP contribution in [-0.2, 0) is 6.42 Å². The molecule has 0 saturated heterocycles. The summed E-state index contributed by atoms with van der Waals surface area (Å²) in [7, 11) is 0. The highest BCUT2D eigenvalue weighted by Crippen LogP contribution is 2.21. The monoisotopic (exact) mass is 253 g/mol. The summed E-state index contributed by atoms with van der Waals surface area (Å²) in [6.45, 7) is 4.36. The van der Waals surface area contributed by atoms with Crippen LogP contribution in [0, 0.1) is 0 Å². The van der Waals surface area contributed by atoms with Gasteiger partial charge in [-0.05, 0) is 22.6 Å². The molecule has 19 heavy (non-hydrogen) atoms. The zero-order valence-corrected chi connectivity index (χ0v) is 11.4. The molecular formula is C17H19NO. The molecule has 1 N–H and O–H groups in total. The standard InChI is InChI=1S/C17H19NO/c1-13(2)16-11-7-6-10-15(16)12-17(18-19)14-8-4-3-5-9-14/h3-11,13,19H,12H2,1-2H3. The van der Waals surface area contributed by atoms with Crippen LogP contribution in [0.3, 0.4) is 0 Å². The molecule has 0 atom stereocenters. The van der Waals surface area contributed by atoms with Gasteiger partial charge >= 0.3 is 0 Å². The van der Waals surface area contributed by atoms with E-state index in [1.807, 2.05) is 36.4 Å². The maximum Gasteiger partial charge on any atom is 0.0911 e. The molecular weight excluding hydrogens is 234 g/mol. The molecule has 98 valence electrons. The average Bonchev–Trinajstić information content (AvgIpc) is 2.46. The van der Waals surface area contributed by atoms with E-state index >= 15 is 0 Å². The molecule has 0 aliphatic carbocycles. The van der Waals surface area contributed by atoms with Crippen molar-refractivity contribution in [2.24, 2.45) is 5.16 Å². The van der Waals surface area contributed by atoms with Crippen molar-refractivity contribution in [1.82, 2.24) is 0 Å². The third-order valence-corrected chi connectivity index (χ3v) is 3.26. The molecule has 2 aromatic carbocycles. The normalized spacial score (nSPS) is 11.8. The molecule has 0 amide bonds. The maximum absolute atomic E-state index is 9.26. The smallest absolute Gasteiger partial charge is 0.0911 e. The first-order valence-electron chi connectivity index (χ1n) is 6.56. The molecule has 0 bridgehead atoms. The van der Waals surface area contributed by atoms with Gasteiger partial charge in [0.1, 0.15) is 0 Å². The summed E-state index contributed by atoms with van der Waals surface area (Å²) in [6, 6.07) is 18.1. The number of hydrogen-bond donors (Lipinski definition) is 1. The van der Waals surface area contributed by atoms with Crippen molar-refractivity contribution in [3.63, 3.8) is 0 Å². The fraction of sp³-hybridized carbons (Fsp3) is 0.235. The van der Waals surface area contributed by atoms with E-state index in [1.54, 1.807) is 0 Å². The van der Waals surface area contributed by atoms with Crippen molar-refractivity contribution in [1.29, 1.82) is 0 Å².